The highest BCUT2D eigenvalue weighted by Crippen LogP contribution is 2.20. The highest BCUT2D eigenvalue weighted by atomic mass is 35.5. The smallest absolute Gasteiger partial charge is 0.244 e. The lowest BCUT2D eigenvalue weighted by Crippen LogP contribution is -2.18. The molecule has 4 nitrogen and oxygen atoms in total. The molecular weight excluding hydrogens is 276 g/mol. The average molecular weight is 293 g/mol. The van der Waals surface area contributed by atoms with Crippen LogP contribution in [0, 0.1) is 0 Å². The van der Waals surface area contributed by atoms with Crippen LogP contribution in [-0.2, 0) is 11.3 Å². The average Bonchev–Trinajstić information content (AvgIpc) is 2.89. The predicted octanol–water partition coefficient (Wildman–Crippen LogP) is 3.22. The van der Waals surface area contributed by atoms with Gasteiger partial charge in [0.25, 0.3) is 0 Å². The minimum atomic E-state index is -0.483. The summed E-state index contributed by atoms with van der Waals surface area (Å²) in [5, 5.41) is 13.0. The van der Waals surface area contributed by atoms with Gasteiger partial charge in [0.15, 0.2) is 0 Å². The molecule has 1 aromatic carbocycles. The lowest BCUT2D eigenvalue weighted by molar-refractivity contribution is -0.116. The summed E-state index contributed by atoms with van der Waals surface area (Å²) in [5.74, 6) is -0.161. The normalized spacial score (nSPS) is 12.2. The Morgan fingerprint density at radius 1 is 1.40 bits per heavy atom. The van der Waals surface area contributed by atoms with Crippen molar-refractivity contribution >= 4 is 23.2 Å². The fourth-order valence-corrected chi connectivity index (χ4v) is 2.09. The van der Waals surface area contributed by atoms with E-state index in [-0.39, 0.29) is 12.5 Å². The molecule has 0 aliphatic carbocycles. The first-order valence-electron chi connectivity index (χ1n) is 6.48. The van der Waals surface area contributed by atoms with Gasteiger partial charge in [-0.1, -0.05) is 30.7 Å². The molecule has 1 amide bonds. The molecular formula is C15H17ClN2O2. The number of aromatic nitrogens is 1. The zero-order valence-corrected chi connectivity index (χ0v) is 12.0. The first-order chi connectivity index (χ1) is 9.60. The molecule has 2 rings (SSSR count). The van der Waals surface area contributed by atoms with Gasteiger partial charge in [0.2, 0.25) is 5.91 Å². The standard InChI is InChI=1S/C15H17ClN2O2/c1-2-14(19)11-7-8-18(9-11)10-15(20)17-13-6-4-3-5-12(13)16/h3-9,14,19H,2,10H2,1H3,(H,17,20). The molecule has 20 heavy (non-hydrogen) atoms. The van der Waals surface area contributed by atoms with Crippen LogP contribution in [-0.4, -0.2) is 15.6 Å². The van der Waals surface area contributed by atoms with E-state index in [9.17, 15) is 9.90 Å². The number of anilines is 1. The highest BCUT2D eigenvalue weighted by Gasteiger charge is 2.09. The van der Waals surface area contributed by atoms with Crippen LogP contribution >= 0.6 is 11.6 Å². The monoisotopic (exact) mass is 292 g/mol. The first-order valence-corrected chi connectivity index (χ1v) is 6.86. The van der Waals surface area contributed by atoms with Crippen LogP contribution < -0.4 is 5.32 Å². The molecule has 0 radical (unpaired) electrons. The van der Waals surface area contributed by atoms with E-state index in [1.54, 1.807) is 29.1 Å². The number of hydrogen-bond acceptors (Lipinski definition) is 2. The van der Waals surface area contributed by atoms with E-state index in [4.69, 9.17) is 11.6 Å². The van der Waals surface area contributed by atoms with Crippen molar-refractivity contribution < 1.29 is 9.90 Å². The maximum Gasteiger partial charge on any atom is 0.244 e. The molecule has 1 atom stereocenters. The van der Waals surface area contributed by atoms with E-state index < -0.39 is 6.10 Å². The number of nitrogens with zero attached hydrogens (tertiary/aromatic N) is 1. The number of aliphatic hydroxyl groups is 1. The second-order valence-electron chi connectivity index (χ2n) is 4.57. The Bertz CT molecular complexity index is 595. The second kappa shape index (κ2) is 6.59. The summed E-state index contributed by atoms with van der Waals surface area (Å²) >= 11 is 5.98. The third-order valence-corrected chi connectivity index (χ3v) is 3.35. The number of carbonyl (C=O) groups is 1. The van der Waals surface area contributed by atoms with Crippen molar-refractivity contribution in [3.63, 3.8) is 0 Å². The van der Waals surface area contributed by atoms with Gasteiger partial charge in [0.05, 0.1) is 16.8 Å². The Morgan fingerprint density at radius 2 is 2.15 bits per heavy atom. The predicted molar refractivity (Wildman–Crippen MR) is 79.8 cm³/mol. The zero-order chi connectivity index (χ0) is 14.5. The maximum absolute atomic E-state index is 11.9. The number of aliphatic hydroxyl groups excluding tert-OH is 1. The Morgan fingerprint density at radius 3 is 2.85 bits per heavy atom. The molecule has 0 aliphatic rings. The second-order valence-corrected chi connectivity index (χ2v) is 4.98. The van der Waals surface area contributed by atoms with Crippen molar-refractivity contribution in [3.8, 4) is 0 Å². The lowest BCUT2D eigenvalue weighted by Gasteiger charge is -2.08. The summed E-state index contributed by atoms with van der Waals surface area (Å²) in [6.07, 6.45) is 3.72. The summed E-state index contributed by atoms with van der Waals surface area (Å²) < 4.78 is 1.74. The van der Waals surface area contributed by atoms with Gasteiger partial charge in [-0.3, -0.25) is 4.79 Å². The van der Waals surface area contributed by atoms with Crippen LogP contribution in [0.25, 0.3) is 0 Å². The Hall–Kier alpha value is -1.78. The first kappa shape index (κ1) is 14.6. The van der Waals surface area contributed by atoms with E-state index in [2.05, 4.69) is 5.32 Å². The van der Waals surface area contributed by atoms with Crippen molar-refractivity contribution in [2.45, 2.75) is 26.0 Å². The number of nitrogens with one attached hydrogen (secondary N) is 1. The molecule has 0 fully saturated rings. The van der Waals surface area contributed by atoms with Crippen LogP contribution in [0.15, 0.2) is 42.7 Å². The molecule has 0 aliphatic heterocycles. The minimum Gasteiger partial charge on any atom is -0.388 e. The summed E-state index contributed by atoms with van der Waals surface area (Å²) in [4.78, 5) is 11.9. The van der Waals surface area contributed by atoms with Gasteiger partial charge in [0, 0.05) is 12.4 Å². The molecule has 0 bridgehead atoms. The van der Waals surface area contributed by atoms with Crippen molar-refractivity contribution in [2.75, 3.05) is 5.32 Å². The third-order valence-electron chi connectivity index (χ3n) is 3.02. The van der Waals surface area contributed by atoms with Crippen LogP contribution in [0.4, 0.5) is 5.69 Å². The lowest BCUT2D eigenvalue weighted by atomic mass is 10.1. The molecule has 2 aromatic rings. The van der Waals surface area contributed by atoms with Crippen LogP contribution in [0.2, 0.25) is 5.02 Å². The van der Waals surface area contributed by atoms with E-state index in [0.717, 1.165) is 5.56 Å². The largest absolute Gasteiger partial charge is 0.388 e. The topological polar surface area (TPSA) is 54.3 Å². The molecule has 0 spiro atoms. The molecule has 1 heterocycles. The molecule has 2 N–H and O–H groups in total. The van der Waals surface area contributed by atoms with Crippen molar-refractivity contribution in [2.24, 2.45) is 0 Å². The minimum absolute atomic E-state index is 0.161. The molecule has 0 saturated carbocycles. The van der Waals surface area contributed by atoms with Gasteiger partial charge in [-0.25, -0.2) is 0 Å². The quantitative estimate of drug-likeness (QED) is 0.889. The van der Waals surface area contributed by atoms with Crippen LogP contribution in [0.3, 0.4) is 0 Å². The van der Waals surface area contributed by atoms with Gasteiger partial charge in [-0.2, -0.15) is 0 Å². The number of benzene rings is 1. The van der Waals surface area contributed by atoms with Gasteiger partial charge < -0.3 is 15.0 Å². The van der Waals surface area contributed by atoms with Gasteiger partial charge >= 0.3 is 0 Å². The third kappa shape index (κ3) is 3.62. The van der Waals surface area contributed by atoms with E-state index in [0.29, 0.717) is 17.1 Å². The molecule has 1 aromatic heterocycles. The van der Waals surface area contributed by atoms with E-state index >= 15 is 0 Å². The number of halogens is 1. The molecule has 5 heteroatoms. The van der Waals surface area contributed by atoms with E-state index in [1.807, 2.05) is 25.1 Å². The van der Waals surface area contributed by atoms with Crippen molar-refractivity contribution in [1.29, 1.82) is 0 Å². The summed E-state index contributed by atoms with van der Waals surface area (Å²) in [7, 11) is 0. The van der Waals surface area contributed by atoms with E-state index in [1.165, 1.54) is 0 Å². The fraction of sp³-hybridized carbons (Fsp3) is 0.267. The Balaban J connectivity index is 1.98. The SMILES string of the molecule is CCC(O)c1ccn(CC(=O)Nc2ccccc2Cl)c1. The summed E-state index contributed by atoms with van der Waals surface area (Å²) in [6, 6.07) is 8.91. The number of para-hydroxylation sites is 1. The van der Waals surface area contributed by atoms with Crippen LogP contribution in [0.5, 0.6) is 0 Å². The Kier molecular flexibility index (Phi) is 4.82. The van der Waals surface area contributed by atoms with Gasteiger partial charge in [-0.15, -0.1) is 0 Å². The van der Waals surface area contributed by atoms with Crippen LogP contribution in [0.1, 0.15) is 25.0 Å². The fourth-order valence-electron chi connectivity index (χ4n) is 1.91. The molecule has 1 unspecified atom stereocenters. The number of carbonyl (C=O) groups excluding carboxylic acids is 1. The molecule has 0 saturated heterocycles. The number of rotatable bonds is 5. The van der Waals surface area contributed by atoms with Crippen molar-refractivity contribution in [3.05, 3.63) is 53.3 Å². The summed E-state index contributed by atoms with van der Waals surface area (Å²) in [5.41, 5.74) is 1.41. The van der Waals surface area contributed by atoms with Gasteiger partial charge in [-0.05, 0) is 30.2 Å². The highest BCUT2D eigenvalue weighted by molar-refractivity contribution is 6.33. The number of hydrogen-bond donors (Lipinski definition) is 2. The zero-order valence-electron chi connectivity index (χ0n) is 11.2. The number of amides is 1. The Labute approximate surface area is 123 Å². The van der Waals surface area contributed by atoms with Crippen molar-refractivity contribution in [1.82, 2.24) is 4.57 Å². The van der Waals surface area contributed by atoms with Gasteiger partial charge in [0.1, 0.15) is 6.54 Å². The maximum atomic E-state index is 11.9. The summed E-state index contributed by atoms with van der Waals surface area (Å²) in [6.45, 7) is 2.09. The molecule has 106 valence electrons.